The van der Waals surface area contributed by atoms with Gasteiger partial charge in [0.25, 0.3) is 5.91 Å². The number of nitrogens with zero attached hydrogens (tertiary/aromatic N) is 5. The number of amides is 1. The van der Waals surface area contributed by atoms with Crippen LogP contribution >= 0.6 is 23.2 Å². The number of anilines is 1. The fourth-order valence-corrected chi connectivity index (χ4v) is 7.12. The Morgan fingerprint density at radius 1 is 0.961 bits per heavy atom. The van der Waals surface area contributed by atoms with Crippen molar-refractivity contribution in [1.82, 2.24) is 24.3 Å². The highest BCUT2D eigenvalue weighted by molar-refractivity contribution is 6.42. The fraction of sp³-hybridized carbons (Fsp3) is 0.359. The molecule has 0 aliphatic carbocycles. The molecular weight excluding hydrogens is 687 g/mol. The van der Waals surface area contributed by atoms with Crippen molar-refractivity contribution in [2.24, 2.45) is 0 Å². The van der Waals surface area contributed by atoms with Crippen LogP contribution in [0.25, 0.3) is 11.0 Å². The van der Waals surface area contributed by atoms with Gasteiger partial charge >= 0.3 is 0 Å². The first-order valence-corrected chi connectivity index (χ1v) is 17.9. The molecule has 0 bridgehead atoms. The number of fused-ring (bicyclic) bond motifs is 1. The third-order valence-corrected chi connectivity index (χ3v) is 10.3. The van der Waals surface area contributed by atoms with Gasteiger partial charge in [0.05, 0.1) is 49.0 Å². The second kappa shape index (κ2) is 16.7. The summed E-state index contributed by atoms with van der Waals surface area (Å²) in [5.74, 6) is 2.06. The van der Waals surface area contributed by atoms with Crippen LogP contribution in [0, 0.1) is 0 Å². The van der Waals surface area contributed by atoms with Crippen LogP contribution in [0.5, 0.6) is 17.2 Å². The fourth-order valence-electron chi connectivity index (χ4n) is 6.81. The number of para-hydroxylation sites is 2. The predicted octanol–water partition coefficient (Wildman–Crippen LogP) is 7.63. The second-order valence-corrected chi connectivity index (χ2v) is 13.7. The van der Waals surface area contributed by atoms with E-state index in [9.17, 15) is 4.79 Å². The van der Waals surface area contributed by atoms with Crippen molar-refractivity contribution in [3.63, 3.8) is 0 Å². The van der Waals surface area contributed by atoms with Crippen molar-refractivity contribution in [1.29, 1.82) is 0 Å². The minimum atomic E-state index is -0.152. The number of nitrogens with one attached hydrogen (secondary N) is 1. The summed E-state index contributed by atoms with van der Waals surface area (Å²) in [5, 5.41) is 4.77. The van der Waals surface area contributed by atoms with Gasteiger partial charge in [-0.25, -0.2) is 4.98 Å². The van der Waals surface area contributed by atoms with Crippen LogP contribution in [0.2, 0.25) is 10.0 Å². The van der Waals surface area contributed by atoms with Gasteiger partial charge in [-0.2, -0.15) is 0 Å². The first-order chi connectivity index (χ1) is 24.8. The number of likely N-dealkylation sites (tertiary alicyclic amines) is 1. The monoisotopic (exact) mass is 730 g/mol. The highest BCUT2D eigenvalue weighted by Gasteiger charge is 2.26. The molecule has 1 fully saturated rings. The molecule has 51 heavy (non-hydrogen) atoms. The number of carbonyl (C=O) groups excluding carboxylic acids is 1. The van der Waals surface area contributed by atoms with Gasteiger partial charge in [-0.05, 0) is 79.4 Å². The summed E-state index contributed by atoms with van der Waals surface area (Å²) in [7, 11) is 6.43. The molecule has 10 nitrogen and oxygen atoms in total. The van der Waals surface area contributed by atoms with Gasteiger partial charge in [-0.3, -0.25) is 9.78 Å². The van der Waals surface area contributed by atoms with Gasteiger partial charge in [0.2, 0.25) is 11.7 Å². The lowest BCUT2D eigenvalue weighted by Gasteiger charge is -2.34. The maximum absolute atomic E-state index is 13.7. The Kier molecular flexibility index (Phi) is 11.9. The molecule has 5 aromatic rings. The van der Waals surface area contributed by atoms with E-state index in [-0.39, 0.29) is 11.8 Å². The van der Waals surface area contributed by atoms with E-state index in [4.69, 9.17) is 42.4 Å². The van der Waals surface area contributed by atoms with E-state index in [0.717, 1.165) is 67.0 Å². The number of ether oxygens (including phenoxy) is 3. The minimum absolute atomic E-state index is 0.0268. The summed E-state index contributed by atoms with van der Waals surface area (Å²) in [6.45, 7) is 3.97. The normalized spacial score (nSPS) is 14.3. The second-order valence-electron chi connectivity index (χ2n) is 12.9. The molecule has 0 radical (unpaired) electrons. The summed E-state index contributed by atoms with van der Waals surface area (Å²) in [6, 6.07) is 21.7. The van der Waals surface area contributed by atoms with Crippen LogP contribution in [-0.4, -0.2) is 90.8 Å². The van der Waals surface area contributed by atoms with Crippen LogP contribution in [0.15, 0.2) is 79.1 Å². The average molecular weight is 732 g/mol. The quantitative estimate of drug-likeness (QED) is 0.125. The number of halogens is 2. The topological polar surface area (TPSA) is 94.0 Å². The number of hydrogen-bond donors (Lipinski definition) is 1. The molecule has 0 spiro atoms. The molecule has 1 unspecified atom stereocenters. The van der Waals surface area contributed by atoms with E-state index in [0.29, 0.717) is 52.0 Å². The Labute approximate surface area is 309 Å². The summed E-state index contributed by atoms with van der Waals surface area (Å²) in [4.78, 5) is 27.3. The number of methoxy groups -OCH3 is 3. The first-order valence-electron chi connectivity index (χ1n) is 17.1. The van der Waals surface area contributed by atoms with Crippen LogP contribution < -0.4 is 19.5 Å². The van der Waals surface area contributed by atoms with Crippen molar-refractivity contribution in [3.05, 3.63) is 106 Å². The summed E-state index contributed by atoms with van der Waals surface area (Å²) >= 11 is 12.8. The third kappa shape index (κ3) is 8.52. The van der Waals surface area contributed by atoms with Gasteiger partial charge in [0, 0.05) is 56.6 Å². The van der Waals surface area contributed by atoms with Gasteiger partial charge in [-0.15, -0.1) is 0 Å². The predicted molar refractivity (Wildman–Crippen MR) is 203 cm³/mol. The zero-order valence-electron chi connectivity index (χ0n) is 29.4. The first kappa shape index (κ1) is 36.3. The number of benzene rings is 3. The number of hydrogen-bond acceptors (Lipinski definition) is 8. The molecule has 1 aliphatic rings. The maximum Gasteiger partial charge on any atom is 0.253 e. The van der Waals surface area contributed by atoms with Crippen molar-refractivity contribution in [2.75, 3.05) is 59.9 Å². The average Bonchev–Trinajstić information content (AvgIpc) is 3.50. The van der Waals surface area contributed by atoms with Crippen LogP contribution in [-0.2, 0) is 6.54 Å². The Morgan fingerprint density at radius 2 is 1.71 bits per heavy atom. The maximum atomic E-state index is 13.7. The number of imidazole rings is 1. The molecule has 0 saturated carbocycles. The van der Waals surface area contributed by atoms with Crippen LogP contribution in [0.4, 0.5) is 5.95 Å². The lowest BCUT2D eigenvalue weighted by Crippen LogP contribution is -2.40. The van der Waals surface area contributed by atoms with E-state index in [1.807, 2.05) is 43.6 Å². The molecule has 1 amide bonds. The third-order valence-electron chi connectivity index (χ3n) is 9.60. The van der Waals surface area contributed by atoms with Crippen molar-refractivity contribution < 1.29 is 19.0 Å². The zero-order valence-corrected chi connectivity index (χ0v) is 31.0. The molecule has 3 heterocycles. The lowest BCUT2D eigenvalue weighted by atomic mass is 9.94. The number of carbonyl (C=O) groups is 1. The number of piperidine rings is 1. The molecular formula is C39H44Cl2N6O4. The molecule has 3 aromatic carbocycles. The molecule has 6 rings (SSSR count). The SMILES string of the molecule is COc1cc(C(=O)N(C)CC(CCN2CCC(Nc3nc4ccccc4n3Cc3cccnc3)CC2)c2ccc(Cl)c(Cl)c2)cc(OC)c1OC. The lowest BCUT2D eigenvalue weighted by molar-refractivity contribution is 0.0781. The molecule has 268 valence electrons. The van der Waals surface area contributed by atoms with Gasteiger partial charge < -0.3 is 33.9 Å². The number of pyridine rings is 1. The zero-order chi connectivity index (χ0) is 35.9. The highest BCUT2D eigenvalue weighted by Crippen LogP contribution is 2.39. The Morgan fingerprint density at radius 3 is 2.37 bits per heavy atom. The summed E-state index contributed by atoms with van der Waals surface area (Å²) in [5.41, 5.74) is 4.69. The number of aromatic nitrogens is 3. The van der Waals surface area contributed by atoms with Gasteiger partial charge in [0.15, 0.2) is 11.5 Å². The minimum Gasteiger partial charge on any atom is -0.493 e. The van der Waals surface area contributed by atoms with E-state index in [2.05, 4.69) is 44.0 Å². The van der Waals surface area contributed by atoms with E-state index >= 15 is 0 Å². The van der Waals surface area contributed by atoms with Gasteiger partial charge in [0.1, 0.15) is 0 Å². The number of likely N-dealkylation sites (N-methyl/N-ethyl adjacent to an activating group) is 1. The Hall–Kier alpha value is -4.51. The standard InChI is InChI=1S/C39H44Cl2N6O4/c1-45(38(48)29-21-35(49-2)37(51-4)36(22-29)50-3)25-28(27-11-12-31(40)32(41)20-27)13-17-46-18-14-30(15-19-46)43-39-44-33-9-5-6-10-34(33)47(39)24-26-8-7-16-42-23-26/h5-12,16,20-23,28,30H,13-15,17-19,24-25H2,1-4H3,(H,43,44). The Balaban J connectivity index is 1.11. The highest BCUT2D eigenvalue weighted by atomic mass is 35.5. The van der Waals surface area contributed by atoms with Crippen molar-refractivity contribution in [3.8, 4) is 17.2 Å². The Bertz CT molecular complexity index is 1920. The molecule has 1 atom stereocenters. The van der Waals surface area contributed by atoms with Crippen molar-refractivity contribution >= 4 is 46.1 Å². The largest absolute Gasteiger partial charge is 0.493 e. The van der Waals surface area contributed by atoms with E-state index < -0.39 is 0 Å². The molecule has 1 saturated heterocycles. The smallest absolute Gasteiger partial charge is 0.253 e. The van der Waals surface area contributed by atoms with Gasteiger partial charge in [-0.1, -0.05) is 47.5 Å². The van der Waals surface area contributed by atoms with Crippen LogP contribution in [0.1, 0.15) is 46.7 Å². The van der Waals surface area contributed by atoms with Crippen molar-refractivity contribution in [2.45, 2.75) is 37.8 Å². The summed E-state index contributed by atoms with van der Waals surface area (Å²) in [6.07, 6.45) is 6.53. The molecule has 12 heteroatoms. The molecule has 1 aliphatic heterocycles. The molecule has 2 aromatic heterocycles. The summed E-state index contributed by atoms with van der Waals surface area (Å²) < 4.78 is 18.7. The number of rotatable bonds is 14. The van der Waals surface area contributed by atoms with E-state index in [1.54, 1.807) is 23.2 Å². The molecule has 1 N–H and O–H groups in total. The van der Waals surface area contributed by atoms with E-state index in [1.165, 1.54) is 21.3 Å². The van der Waals surface area contributed by atoms with Crippen LogP contribution in [0.3, 0.4) is 0 Å².